The Morgan fingerprint density at radius 2 is 1.83 bits per heavy atom. The Balaban J connectivity index is 4.29. The second-order valence-corrected chi connectivity index (χ2v) is 4.42. The van der Waals surface area contributed by atoms with Crippen molar-refractivity contribution in [2.45, 2.75) is 47.1 Å². The van der Waals surface area contributed by atoms with Gasteiger partial charge in [0.2, 0.25) is 0 Å². The van der Waals surface area contributed by atoms with Gasteiger partial charge in [-0.25, -0.2) is 0 Å². The predicted molar refractivity (Wildman–Crippen MR) is 49.9 cm³/mol. The van der Waals surface area contributed by atoms with Crippen LogP contribution in [0.15, 0.2) is 0 Å². The largest absolute Gasteiger partial charge is 0.392 e. The molecular formula is C10H20O2. The topological polar surface area (TPSA) is 37.3 Å². The van der Waals surface area contributed by atoms with Gasteiger partial charge in [0.15, 0.2) is 0 Å². The van der Waals surface area contributed by atoms with Gasteiger partial charge in [-0.2, -0.15) is 0 Å². The molecule has 0 radical (unpaired) electrons. The van der Waals surface area contributed by atoms with Crippen LogP contribution in [0.3, 0.4) is 0 Å². The van der Waals surface area contributed by atoms with Crippen molar-refractivity contribution in [2.24, 2.45) is 11.3 Å². The number of carbonyl (C=O) groups is 1. The quantitative estimate of drug-likeness (QED) is 0.707. The van der Waals surface area contributed by atoms with Crippen LogP contribution in [0.25, 0.3) is 0 Å². The summed E-state index contributed by atoms with van der Waals surface area (Å²) in [5.41, 5.74) is -0.204. The van der Waals surface area contributed by atoms with Crippen LogP contribution in [0, 0.1) is 11.3 Å². The maximum Gasteiger partial charge on any atom is 0.138 e. The highest BCUT2D eigenvalue weighted by atomic mass is 16.3. The standard InChI is InChI=1S/C10H20O2/c1-6-8(11)7(2)9(12)10(3,4)5/h7,9,12H,6H2,1-5H3. The molecule has 0 amide bonds. The monoisotopic (exact) mass is 172 g/mol. The van der Waals surface area contributed by atoms with Crippen LogP contribution in [0.2, 0.25) is 0 Å². The average Bonchev–Trinajstić information content (AvgIpc) is 1.98. The van der Waals surface area contributed by atoms with Gasteiger partial charge in [0.1, 0.15) is 5.78 Å². The van der Waals surface area contributed by atoms with Crippen LogP contribution >= 0.6 is 0 Å². The highest BCUT2D eigenvalue weighted by molar-refractivity contribution is 5.80. The zero-order valence-electron chi connectivity index (χ0n) is 8.72. The molecule has 72 valence electrons. The first kappa shape index (κ1) is 11.6. The van der Waals surface area contributed by atoms with E-state index in [4.69, 9.17) is 0 Å². The molecule has 0 aliphatic carbocycles. The Labute approximate surface area is 75.0 Å². The molecule has 2 atom stereocenters. The molecule has 1 N–H and O–H groups in total. The maximum absolute atomic E-state index is 11.2. The van der Waals surface area contributed by atoms with E-state index >= 15 is 0 Å². The molecule has 0 heterocycles. The molecule has 2 nitrogen and oxygen atoms in total. The SMILES string of the molecule is CCC(=O)C(C)C(O)C(C)(C)C. The lowest BCUT2D eigenvalue weighted by atomic mass is 9.80. The van der Waals surface area contributed by atoms with E-state index in [0.29, 0.717) is 6.42 Å². The van der Waals surface area contributed by atoms with Gasteiger partial charge < -0.3 is 5.11 Å². The molecule has 12 heavy (non-hydrogen) atoms. The number of aliphatic hydroxyl groups is 1. The van der Waals surface area contributed by atoms with E-state index in [1.807, 2.05) is 27.7 Å². The highest BCUT2D eigenvalue weighted by Crippen LogP contribution is 2.25. The van der Waals surface area contributed by atoms with Crippen molar-refractivity contribution in [1.82, 2.24) is 0 Å². The fourth-order valence-corrected chi connectivity index (χ4v) is 1.25. The van der Waals surface area contributed by atoms with E-state index in [1.54, 1.807) is 6.92 Å². The third-order valence-electron chi connectivity index (χ3n) is 2.22. The Kier molecular flexibility index (Phi) is 3.91. The first-order chi connectivity index (χ1) is 5.30. The minimum Gasteiger partial charge on any atom is -0.392 e. The fourth-order valence-electron chi connectivity index (χ4n) is 1.25. The Bertz CT molecular complexity index is 156. The first-order valence-electron chi connectivity index (χ1n) is 4.51. The number of rotatable bonds is 3. The predicted octanol–water partition coefficient (Wildman–Crippen LogP) is 2.01. The minimum atomic E-state index is -0.537. The molecule has 0 rings (SSSR count). The zero-order chi connectivity index (χ0) is 9.94. The van der Waals surface area contributed by atoms with Gasteiger partial charge in [-0.1, -0.05) is 34.6 Å². The molecule has 0 bridgehead atoms. The van der Waals surface area contributed by atoms with Crippen molar-refractivity contribution < 1.29 is 9.90 Å². The summed E-state index contributed by atoms with van der Waals surface area (Å²) in [6.07, 6.45) is -0.0288. The minimum absolute atomic E-state index is 0.137. The van der Waals surface area contributed by atoms with Crippen LogP contribution < -0.4 is 0 Å². The molecule has 0 aromatic heterocycles. The number of hydrogen-bond acceptors (Lipinski definition) is 2. The van der Waals surface area contributed by atoms with Gasteiger partial charge in [0.25, 0.3) is 0 Å². The van der Waals surface area contributed by atoms with Crippen molar-refractivity contribution >= 4 is 5.78 Å². The lowest BCUT2D eigenvalue weighted by Gasteiger charge is -2.29. The van der Waals surface area contributed by atoms with Crippen LogP contribution in [-0.2, 0) is 4.79 Å². The van der Waals surface area contributed by atoms with Crippen molar-refractivity contribution in [3.63, 3.8) is 0 Å². The molecule has 0 aromatic carbocycles. The van der Waals surface area contributed by atoms with Gasteiger partial charge in [-0.05, 0) is 5.41 Å². The van der Waals surface area contributed by atoms with E-state index in [9.17, 15) is 9.90 Å². The van der Waals surface area contributed by atoms with E-state index < -0.39 is 6.10 Å². The second kappa shape index (κ2) is 4.04. The second-order valence-electron chi connectivity index (χ2n) is 4.42. The lowest BCUT2D eigenvalue weighted by molar-refractivity contribution is -0.128. The van der Waals surface area contributed by atoms with Gasteiger partial charge in [0, 0.05) is 12.3 Å². The smallest absolute Gasteiger partial charge is 0.138 e. The molecule has 0 aromatic rings. The Morgan fingerprint density at radius 1 is 1.42 bits per heavy atom. The molecular weight excluding hydrogens is 152 g/mol. The van der Waals surface area contributed by atoms with E-state index in [2.05, 4.69) is 0 Å². The van der Waals surface area contributed by atoms with Crippen molar-refractivity contribution in [3.05, 3.63) is 0 Å². The Morgan fingerprint density at radius 3 is 2.08 bits per heavy atom. The number of carbonyl (C=O) groups excluding carboxylic acids is 1. The number of hydrogen-bond donors (Lipinski definition) is 1. The summed E-state index contributed by atoms with van der Waals surface area (Å²) >= 11 is 0. The summed E-state index contributed by atoms with van der Waals surface area (Å²) in [5, 5.41) is 9.73. The van der Waals surface area contributed by atoms with Crippen LogP contribution in [0.4, 0.5) is 0 Å². The normalized spacial score (nSPS) is 17.2. The molecule has 0 saturated carbocycles. The molecule has 0 aliphatic heterocycles. The summed E-state index contributed by atoms with van der Waals surface area (Å²) in [6.45, 7) is 9.45. The lowest BCUT2D eigenvalue weighted by Crippen LogP contribution is -2.36. The average molecular weight is 172 g/mol. The van der Waals surface area contributed by atoms with E-state index in [0.717, 1.165) is 0 Å². The molecule has 0 fully saturated rings. The maximum atomic E-state index is 11.2. The summed E-state index contributed by atoms with van der Waals surface area (Å²) < 4.78 is 0. The number of ketones is 1. The van der Waals surface area contributed by atoms with Crippen LogP contribution in [0.5, 0.6) is 0 Å². The van der Waals surface area contributed by atoms with Crippen molar-refractivity contribution in [3.8, 4) is 0 Å². The van der Waals surface area contributed by atoms with E-state index in [-0.39, 0.29) is 17.1 Å². The highest BCUT2D eigenvalue weighted by Gasteiger charge is 2.30. The van der Waals surface area contributed by atoms with Crippen molar-refractivity contribution in [1.29, 1.82) is 0 Å². The van der Waals surface area contributed by atoms with Gasteiger partial charge in [0.05, 0.1) is 6.10 Å². The van der Waals surface area contributed by atoms with Gasteiger partial charge in [-0.15, -0.1) is 0 Å². The molecule has 2 heteroatoms. The molecule has 0 spiro atoms. The fraction of sp³-hybridized carbons (Fsp3) is 0.900. The van der Waals surface area contributed by atoms with Crippen LogP contribution in [0.1, 0.15) is 41.0 Å². The Hall–Kier alpha value is -0.370. The summed E-state index contributed by atoms with van der Waals surface area (Å²) in [4.78, 5) is 11.2. The van der Waals surface area contributed by atoms with Gasteiger partial charge >= 0.3 is 0 Å². The third kappa shape index (κ3) is 2.94. The molecule has 0 saturated heterocycles. The van der Waals surface area contributed by atoms with E-state index in [1.165, 1.54) is 0 Å². The third-order valence-corrected chi connectivity index (χ3v) is 2.22. The van der Waals surface area contributed by atoms with Crippen molar-refractivity contribution in [2.75, 3.05) is 0 Å². The zero-order valence-corrected chi connectivity index (χ0v) is 8.72. The summed E-state index contributed by atoms with van der Waals surface area (Å²) in [5.74, 6) is -0.104. The number of aliphatic hydroxyl groups excluding tert-OH is 1. The van der Waals surface area contributed by atoms with Crippen LogP contribution in [-0.4, -0.2) is 17.0 Å². The summed E-state index contributed by atoms with van der Waals surface area (Å²) in [7, 11) is 0. The molecule has 2 unspecified atom stereocenters. The summed E-state index contributed by atoms with van der Waals surface area (Å²) in [6, 6.07) is 0. The molecule has 0 aliphatic rings. The van der Waals surface area contributed by atoms with Gasteiger partial charge in [-0.3, -0.25) is 4.79 Å². The number of Topliss-reactive ketones (excluding diaryl/α,β-unsaturated/α-hetero) is 1. The first-order valence-corrected chi connectivity index (χ1v) is 4.51.